The summed E-state index contributed by atoms with van der Waals surface area (Å²) < 4.78 is 0.645. The van der Waals surface area contributed by atoms with E-state index in [0.717, 1.165) is 5.56 Å². The van der Waals surface area contributed by atoms with Crippen molar-refractivity contribution in [2.45, 2.75) is 26.4 Å². The standard InChI is InChI=1S/C10H13BrO2/c1-6-4-5-7(10(2,3)13)9(12)8(6)11/h4-5,12-13H,1-3H3. The predicted octanol–water partition coefficient (Wildman–Crippen LogP) is 2.69. The van der Waals surface area contributed by atoms with Gasteiger partial charge in [-0.15, -0.1) is 0 Å². The van der Waals surface area contributed by atoms with Crippen molar-refractivity contribution in [3.05, 3.63) is 27.7 Å². The van der Waals surface area contributed by atoms with Crippen molar-refractivity contribution in [2.75, 3.05) is 0 Å². The molecule has 0 heterocycles. The zero-order valence-corrected chi connectivity index (χ0v) is 9.51. The number of rotatable bonds is 1. The maximum Gasteiger partial charge on any atom is 0.136 e. The molecule has 1 aromatic rings. The molecule has 0 spiro atoms. The second kappa shape index (κ2) is 3.31. The molecule has 0 aliphatic heterocycles. The van der Waals surface area contributed by atoms with Gasteiger partial charge in [-0.1, -0.05) is 12.1 Å². The molecule has 0 unspecified atom stereocenters. The van der Waals surface area contributed by atoms with Gasteiger partial charge in [0.2, 0.25) is 0 Å². The predicted molar refractivity (Wildman–Crippen MR) is 55.8 cm³/mol. The van der Waals surface area contributed by atoms with Gasteiger partial charge >= 0.3 is 0 Å². The quantitative estimate of drug-likeness (QED) is 0.798. The van der Waals surface area contributed by atoms with E-state index < -0.39 is 5.60 Å². The summed E-state index contributed by atoms with van der Waals surface area (Å²) in [5, 5.41) is 19.4. The third-order valence-electron chi connectivity index (χ3n) is 1.97. The molecule has 0 atom stereocenters. The van der Waals surface area contributed by atoms with Gasteiger partial charge in [0.1, 0.15) is 5.75 Å². The van der Waals surface area contributed by atoms with Gasteiger partial charge in [0.25, 0.3) is 0 Å². The molecular weight excluding hydrogens is 232 g/mol. The molecule has 0 saturated heterocycles. The van der Waals surface area contributed by atoms with Gasteiger partial charge < -0.3 is 10.2 Å². The van der Waals surface area contributed by atoms with E-state index in [9.17, 15) is 10.2 Å². The van der Waals surface area contributed by atoms with E-state index in [4.69, 9.17) is 0 Å². The lowest BCUT2D eigenvalue weighted by Gasteiger charge is -2.20. The largest absolute Gasteiger partial charge is 0.506 e. The van der Waals surface area contributed by atoms with Crippen LogP contribution in [0.4, 0.5) is 0 Å². The molecule has 0 fully saturated rings. The highest BCUT2D eigenvalue weighted by molar-refractivity contribution is 9.10. The summed E-state index contributed by atoms with van der Waals surface area (Å²) in [4.78, 5) is 0. The Morgan fingerprint density at radius 2 is 1.85 bits per heavy atom. The summed E-state index contributed by atoms with van der Waals surface area (Å²) in [6.07, 6.45) is 0. The Balaban J connectivity index is 3.35. The van der Waals surface area contributed by atoms with E-state index in [0.29, 0.717) is 10.0 Å². The molecule has 1 rings (SSSR count). The van der Waals surface area contributed by atoms with Crippen molar-refractivity contribution in [3.8, 4) is 5.75 Å². The molecule has 0 radical (unpaired) electrons. The van der Waals surface area contributed by atoms with E-state index in [2.05, 4.69) is 15.9 Å². The van der Waals surface area contributed by atoms with Gasteiger partial charge in [-0.3, -0.25) is 0 Å². The zero-order chi connectivity index (χ0) is 10.2. The van der Waals surface area contributed by atoms with Crippen molar-refractivity contribution < 1.29 is 10.2 Å². The van der Waals surface area contributed by atoms with Gasteiger partial charge in [0.05, 0.1) is 10.1 Å². The second-order valence-electron chi connectivity index (χ2n) is 3.65. The van der Waals surface area contributed by atoms with Crippen LogP contribution >= 0.6 is 15.9 Å². The number of phenolic OH excluding ortho intramolecular Hbond substituents is 1. The molecule has 2 N–H and O–H groups in total. The Labute approximate surface area is 86.3 Å². The summed E-state index contributed by atoms with van der Waals surface area (Å²) in [6.45, 7) is 5.17. The van der Waals surface area contributed by atoms with E-state index in [1.54, 1.807) is 19.9 Å². The monoisotopic (exact) mass is 244 g/mol. The normalized spacial score (nSPS) is 11.8. The summed E-state index contributed by atoms with van der Waals surface area (Å²) in [7, 11) is 0. The minimum atomic E-state index is -1.01. The van der Waals surface area contributed by atoms with Crippen molar-refractivity contribution in [2.24, 2.45) is 0 Å². The van der Waals surface area contributed by atoms with Crippen molar-refractivity contribution in [1.29, 1.82) is 0 Å². The maximum absolute atomic E-state index is 9.71. The average Bonchev–Trinajstić information content (AvgIpc) is 1.98. The van der Waals surface area contributed by atoms with E-state index >= 15 is 0 Å². The summed E-state index contributed by atoms with van der Waals surface area (Å²) in [5.74, 6) is 0.118. The minimum absolute atomic E-state index is 0.118. The van der Waals surface area contributed by atoms with Crippen LogP contribution in [0, 0.1) is 6.92 Å². The number of hydrogen-bond donors (Lipinski definition) is 2. The van der Waals surface area contributed by atoms with Crippen LogP contribution in [0.2, 0.25) is 0 Å². The van der Waals surface area contributed by atoms with Gasteiger partial charge in [-0.05, 0) is 42.3 Å². The SMILES string of the molecule is Cc1ccc(C(C)(C)O)c(O)c1Br. The topological polar surface area (TPSA) is 40.5 Å². The molecule has 1 aromatic carbocycles. The molecule has 72 valence electrons. The molecule has 0 bridgehead atoms. The average molecular weight is 245 g/mol. The van der Waals surface area contributed by atoms with E-state index in [-0.39, 0.29) is 5.75 Å². The zero-order valence-electron chi connectivity index (χ0n) is 7.93. The second-order valence-corrected chi connectivity index (χ2v) is 4.44. The Morgan fingerprint density at radius 3 is 2.31 bits per heavy atom. The fraction of sp³-hybridized carbons (Fsp3) is 0.400. The highest BCUT2D eigenvalue weighted by Crippen LogP contribution is 2.36. The first-order chi connectivity index (χ1) is 5.84. The molecular formula is C10H13BrO2. The summed E-state index contributed by atoms with van der Waals surface area (Å²) >= 11 is 3.26. The first-order valence-corrected chi connectivity index (χ1v) is 4.84. The number of halogens is 1. The lowest BCUT2D eigenvalue weighted by molar-refractivity contribution is 0.0757. The molecule has 0 saturated carbocycles. The third-order valence-corrected chi connectivity index (χ3v) is 2.97. The van der Waals surface area contributed by atoms with Crippen LogP contribution in [0.3, 0.4) is 0 Å². The number of aliphatic hydroxyl groups is 1. The number of benzene rings is 1. The van der Waals surface area contributed by atoms with Gasteiger partial charge in [-0.25, -0.2) is 0 Å². The van der Waals surface area contributed by atoms with Crippen LogP contribution in [-0.4, -0.2) is 10.2 Å². The molecule has 2 nitrogen and oxygen atoms in total. The van der Waals surface area contributed by atoms with Crippen molar-refractivity contribution >= 4 is 15.9 Å². The molecule has 0 aromatic heterocycles. The fourth-order valence-electron chi connectivity index (χ4n) is 1.16. The van der Waals surface area contributed by atoms with Crippen LogP contribution in [0.15, 0.2) is 16.6 Å². The van der Waals surface area contributed by atoms with Gasteiger partial charge in [0, 0.05) is 5.56 Å². The Bertz CT molecular complexity index is 326. The third kappa shape index (κ3) is 2.03. The number of hydrogen-bond acceptors (Lipinski definition) is 2. The first kappa shape index (κ1) is 10.5. The lowest BCUT2D eigenvalue weighted by Crippen LogP contribution is -2.15. The van der Waals surface area contributed by atoms with Crippen LogP contribution in [-0.2, 0) is 5.60 Å². The summed E-state index contributed by atoms with van der Waals surface area (Å²) in [6, 6.07) is 3.59. The van der Waals surface area contributed by atoms with Gasteiger partial charge in [0.15, 0.2) is 0 Å². The highest BCUT2D eigenvalue weighted by atomic mass is 79.9. The van der Waals surface area contributed by atoms with Crippen molar-refractivity contribution in [3.63, 3.8) is 0 Å². The number of phenols is 1. The van der Waals surface area contributed by atoms with Crippen molar-refractivity contribution in [1.82, 2.24) is 0 Å². The molecule has 0 amide bonds. The lowest BCUT2D eigenvalue weighted by atomic mass is 9.96. The molecule has 0 aliphatic rings. The fourth-order valence-corrected chi connectivity index (χ4v) is 1.50. The van der Waals surface area contributed by atoms with Crippen LogP contribution in [0.1, 0.15) is 25.0 Å². The molecule has 3 heteroatoms. The smallest absolute Gasteiger partial charge is 0.136 e. The van der Waals surface area contributed by atoms with Crippen LogP contribution in [0.5, 0.6) is 5.75 Å². The Kier molecular flexibility index (Phi) is 2.68. The number of aromatic hydroxyl groups is 1. The highest BCUT2D eigenvalue weighted by Gasteiger charge is 2.21. The molecule has 0 aliphatic carbocycles. The summed E-state index contributed by atoms with van der Waals surface area (Å²) in [5.41, 5.74) is 0.468. The maximum atomic E-state index is 9.71. The van der Waals surface area contributed by atoms with Crippen LogP contribution in [0.25, 0.3) is 0 Å². The Hall–Kier alpha value is -0.540. The Morgan fingerprint density at radius 1 is 1.31 bits per heavy atom. The first-order valence-electron chi connectivity index (χ1n) is 4.05. The van der Waals surface area contributed by atoms with E-state index in [1.807, 2.05) is 13.0 Å². The molecule has 13 heavy (non-hydrogen) atoms. The van der Waals surface area contributed by atoms with E-state index in [1.165, 1.54) is 0 Å². The number of aryl methyl sites for hydroxylation is 1. The van der Waals surface area contributed by atoms with Gasteiger partial charge in [-0.2, -0.15) is 0 Å². The van der Waals surface area contributed by atoms with Crippen LogP contribution < -0.4 is 0 Å². The minimum Gasteiger partial charge on any atom is -0.506 e.